The monoisotopic (exact) mass is 339 g/mol. The van der Waals surface area contributed by atoms with Crippen LogP contribution in [0.4, 0.5) is 4.79 Å². The maximum absolute atomic E-state index is 11.7. The van der Waals surface area contributed by atoms with Crippen molar-refractivity contribution in [3.63, 3.8) is 0 Å². The van der Waals surface area contributed by atoms with E-state index in [9.17, 15) is 9.90 Å². The zero-order valence-electron chi connectivity index (χ0n) is 14.4. The van der Waals surface area contributed by atoms with Gasteiger partial charge in [0, 0.05) is 25.6 Å². The van der Waals surface area contributed by atoms with E-state index in [1.54, 1.807) is 4.90 Å². The van der Waals surface area contributed by atoms with Crippen molar-refractivity contribution in [2.24, 2.45) is 0 Å². The summed E-state index contributed by atoms with van der Waals surface area (Å²) < 4.78 is 0. The maximum atomic E-state index is 11.7. The van der Waals surface area contributed by atoms with Crippen LogP contribution in [0.25, 0.3) is 11.1 Å². The Morgan fingerprint density at radius 3 is 2.00 bits per heavy atom. The highest BCUT2D eigenvalue weighted by Crippen LogP contribution is 2.44. The van der Waals surface area contributed by atoms with Gasteiger partial charge in [-0.05, 0) is 35.1 Å². The summed E-state index contributed by atoms with van der Waals surface area (Å²) >= 11 is 0. The largest absolute Gasteiger partial charge is 0.465 e. The Morgan fingerprint density at radius 2 is 1.44 bits per heavy atom. The van der Waals surface area contributed by atoms with Gasteiger partial charge < -0.3 is 15.1 Å². The number of benzene rings is 2. The number of unbranched alkanes of at least 4 members (excludes halogenated alkanes) is 3. The third kappa shape index (κ3) is 3.85. The summed E-state index contributed by atoms with van der Waals surface area (Å²) in [5.74, 6) is 0.0981. The van der Waals surface area contributed by atoms with Gasteiger partial charge in [0.25, 0.3) is 0 Å². The van der Waals surface area contributed by atoms with Crippen molar-refractivity contribution in [2.75, 3.05) is 19.7 Å². The minimum absolute atomic E-state index is 0.0981. The molecule has 0 unspecified atom stereocenters. The number of rotatable bonds is 8. The standard InChI is InChI=1S/C21H25NO3/c23-14-8-2-1-7-13-22(21(24)25)15-20-18-11-5-3-9-16(18)17-10-4-6-12-19(17)20/h3-6,9-12,20,23H,1-2,7-8,13-15H2,(H,24,25). The van der Waals surface area contributed by atoms with Gasteiger partial charge in [-0.2, -0.15) is 0 Å². The predicted molar refractivity (Wildman–Crippen MR) is 98.9 cm³/mol. The SMILES string of the molecule is O=C(O)N(CCCCCCO)CC1c2ccccc2-c2ccccc21. The fourth-order valence-electron chi connectivity index (χ4n) is 3.71. The van der Waals surface area contributed by atoms with E-state index in [2.05, 4.69) is 24.3 Å². The van der Waals surface area contributed by atoms with E-state index in [0.717, 1.165) is 25.7 Å². The Bertz CT molecular complexity index is 683. The third-order valence-electron chi connectivity index (χ3n) is 4.97. The molecule has 0 atom stereocenters. The third-order valence-corrected chi connectivity index (χ3v) is 4.97. The summed E-state index contributed by atoms with van der Waals surface area (Å²) in [4.78, 5) is 13.3. The number of aliphatic hydroxyl groups excluding tert-OH is 1. The molecule has 3 rings (SSSR count). The van der Waals surface area contributed by atoms with Gasteiger partial charge in [0.15, 0.2) is 0 Å². The lowest BCUT2D eigenvalue weighted by Gasteiger charge is -2.24. The minimum atomic E-state index is -0.857. The van der Waals surface area contributed by atoms with Crippen molar-refractivity contribution in [3.05, 3.63) is 59.7 Å². The normalized spacial score (nSPS) is 12.7. The molecular formula is C21H25NO3. The molecule has 0 radical (unpaired) electrons. The molecule has 0 fully saturated rings. The summed E-state index contributed by atoms with van der Waals surface area (Å²) in [7, 11) is 0. The number of hydrogen-bond donors (Lipinski definition) is 2. The second-order valence-electron chi connectivity index (χ2n) is 6.59. The van der Waals surface area contributed by atoms with Gasteiger partial charge in [-0.3, -0.25) is 0 Å². The number of aliphatic hydroxyl groups is 1. The van der Waals surface area contributed by atoms with Crippen molar-refractivity contribution in [2.45, 2.75) is 31.6 Å². The fourth-order valence-corrected chi connectivity index (χ4v) is 3.71. The number of nitrogens with zero attached hydrogens (tertiary/aromatic N) is 1. The Balaban J connectivity index is 1.75. The van der Waals surface area contributed by atoms with E-state index in [0.29, 0.717) is 13.1 Å². The van der Waals surface area contributed by atoms with Crippen LogP contribution in [0.3, 0.4) is 0 Å². The van der Waals surface area contributed by atoms with Gasteiger partial charge in [-0.15, -0.1) is 0 Å². The fraction of sp³-hybridized carbons (Fsp3) is 0.381. The van der Waals surface area contributed by atoms with Gasteiger partial charge in [-0.25, -0.2) is 4.79 Å². The second-order valence-corrected chi connectivity index (χ2v) is 6.59. The first-order valence-electron chi connectivity index (χ1n) is 8.99. The molecule has 2 N–H and O–H groups in total. The summed E-state index contributed by atoms with van der Waals surface area (Å²) in [5.41, 5.74) is 4.87. The van der Waals surface area contributed by atoms with Crippen LogP contribution < -0.4 is 0 Å². The van der Waals surface area contributed by atoms with E-state index in [1.165, 1.54) is 22.3 Å². The quantitative estimate of drug-likeness (QED) is 0.704. The second kappa shape index (κ2) is 8.17. The predicted octanol–water partition coefficient (Wildman–Crippen LogP) is 4.33. The summed E-state index contributed by atoms with van der Waals surface area (Å²) in [6.07, 6.45) is 2.66. The molecule has 132 valence electrons. The first kappa shape index (κ1) is 17.5. The van der Waals surface area contributed by atoms with E-state index >= 15 is 0 Å². The molecule has 1 amide bonds. The van der Waals surface area contributed by atoms with Crippen molar-refractivity contribution < 1.29 is 15.0 Å². The molecule has 4 nitrogen and oxygen atoms in total. The van der Waals surface area contributed by atoms with Crippen LogP contribution >= 0.6 is 0 Å². The molecule has 25 heavy (non-hydrogen) atoms. The lowest BCUT2D eigenvalue weighted by molar-refractivity contribution is 0.142. The minimum Gasteiger partial charge on any atom is -0.465 e. The number of amides is 1. The molecule has 1 aliphatic rings. The zero-order chi connectivity index (χ0) is 17.6. The van der Waals surface area contributed by atoms with E-state index in [-0.39, 0.29) is 12.5 Å². The summed E-state index contributed by atoms with van der Waals surface area (Å²) in [5, 5.41) is 18.5. The van der Waals surface area contributed by atoms with E-state index in [1.807, 2.05) is 24.3 Å². The number of fused-ring (bicyclic) bond motifs is 3. The smallest absolute Gasteiger partial charge is 0.407 e. The van der Waals surface area contributed by atoms with Gasteiger partial charge in [-0.1, -0.05) is 61.4 Å². The highest BCUT2D eigenvalue weighted by molar-refractivity contribution is 5.79. The molecule has 0 heterocycles. The van der Waals surface area contributed by atoms with Crippen molar-refractivity contribution in [1.82, 2.24) is 4.90 Å². The molecule has 2 aromatic carbocycles. The van der Waals surface area contributed by atoms with Crippen LogP contribution in [0, 0.1) is 0 Å². The average molecular weight is 339 g/mol. The Hall–Kier alpha value is -2.33. The molecule has 0 spiro atoms. The van der Waals surface area contributed by atoms with Crippen LogP contribution in [0.5, 0.6) is 0 Å². The Kier molecular flexibility index (Phi) is 5.71. The van der Waals surface area contributed by atoms with Gasteiger partial charge in [0.1, 0.15) is 0 Å². The Labute approximate surface area is 148 Å². The molecule has 2 aromatic rings. The average Bonchev–Trinajstić information content (AvgIpc) is 2.94. The van der Waals surface area contributed by atoms with Crippen molar-refractivity contribution in [3.8, 4) is 11.1 Å². The number of carboxylic acid groups (broad SMARTS) is 1. The zero-order valence-corrected chi connectivity index (χ0v) is 14.4. The van der Waals surface area contributed by atoms with E-state index in [4.69, 9.17) is 5.11 Å². The highest BCUT2D eigenvalue weighted by Gasteiger charge is 2.30. The topological polar surface area (TPSA) is 60.8 Å². The maximum Gasteiger partial charge on any atom is 0.407 e. The molecule has 0 aromatic heterocycles. The van der Waals surface area contributed by atoms with Crippen molar-refractivity contribution in [1.29, 1.82) is 0 Å². The molecular weight excluding hydrogens is 314 g/mol. The van der Waals surface area contributed by atoms with Crippen LogP contribution in [0.1, 0.15) is 42.7 Å². The molecule has 1 aliphatic carbocycles. The van der Waals surface area contributed by atoms with Gasteiger partial charge >= 0.3 is 6.09 Å². The van der Waals surface area contributed by atoms with Crippen LogP contribution in [-0.4, -0.2) is 40.9 Å². The van der Waals surface area contributed by atoms with Crippen molar-refractivity contribution >= 4 is 6.09 Å². The van der Waals surface area contributed by atoms with Gasteiger partial charge in [0.2, 0.25) is 0 Å². The first-order valence-corrected chi connectivity index (χ1v) is 8.99. The van der Waals surface area contributed by atoms with Crippen LogP contribution in [0.2, 0.25) is 0 Å². The van der Waals surface area contributed by atoms with E-state index < -0.39 is 6.09 Å². The number of carbonyl (C=O) groups is 1. The molecule has 0 saturated heterocycles. The Morgan fingerprint density at radius 1 is 0.880 bits per heavy atom. The summed E-state index contributed by atoms with van der Waals surface area (Å²) in [6.45, 7) is 1.24. The molecule has 0 saturated carbocycles. The van der Waals surface area contributed by atoms with Crippen LogP contribution in [-0.2, 0) is 0 Å². The lowest BCUT2D eigenvalue weighted by atomic mass is 9.96. The highest BCUT2D eigenvalue weighted by atomic mass is 16.4. The lowest BCUT2D eigenvalue weighted by Crippen LogP contribution is -2.34. The summed E-state index contributed by atoms with van der Waals surface area (Å²) in [6, 6.07) is 16.6. The molecule has 4 heteroatoms. The first-order chi connectivity index (χ1) is 12.2. The molecule has 0 aliphatic heterocycles. The molecule has 0 bridgehead atoms. The van der Waals surface area contributed by atoms with Crippen LogP contribution in [0.15, 0.2) is 48.5 Å². The van der Waals surface area contributed by atoms with Gasteiger partial charge in [0.05, 0.1) is 0 Å². The number of hydrogen-bond acceptors (Lipinski definition) is 2.